The van der Waals surface area contributed by atoms with Crippen LogP contribution in [0.15, 0.2) is 30.5 Å². The van der Waals surface area contributed by atoms with Crippen molar-refractivity contribution in [2.24, 2.45) is 5.92 Å². The maximum Gasteiger partial charge on any atom is 0.415 e. The Labute approximate surface area is 150 Å². The Bertz CT molecular complexity index is 830. The fourth-order valence-corrected chi connectivity index (χ4v) is 5.45. The number of rotatable bonds is 2. The van der Waals surface area contributed by atoms with Gasteiger partial charge in [0.15, 0.2) is 0 Å². The number of nitrogen functional groups attached to an aromatic ring is 1. The number of thiophene rings is 1. The highest BCUT2D eigenvalue weighted by molar-refractivity contribution is 7.19. The maximum atomic E-state index is 12.6. The van der Waals surface area contributed by atoms with E-state index in [1.165, 1.54) is 0 Å². The van der Waals surface area contributed by atoms with Gasteiger partial charge in [0.1, 0.15) is 16.4 Å². The van der Waals surface area contributed by atoms with Gasteiger partial charge in [-0.3, -0.25) is 9.80 Å². The minimum absolute atomic E-state index is 0.221. The number of carbonyl (C=O) groups excluding carboxylic acids is 1. The van der Waals surface area contributed by atoms with Crippen LogP contribution < -0.4 is 10.6 Å². The van der Waals surface area contributed by atoms with E-state index < -0.39 is 0 Å². The number of nitrogens with two attached hydrogens (primary N) is 1. The molecule has 7 heteroatoms. The van der Waals surface area contributed by atoms with Crippen molar-refractivity contribution in [2.45, 2.75) is 18.4 Å². The molecule has 4 aliphatic rings. The van der Waals surface area contributed by atoms with Crippen molar-refractivity contribution in [3.05, 3.63) is 30.5 Å². The van der Waals surface area contributed by atoms with E-state index in [0.29, 0.717) is 18.3 Å². The van der Waals surface area contributed by atoms with Gasteiger partial charge in [0.2, 0.25) is 0 Å². The Hall–Kier alpha value is -2.12. The van der Waals surface area contributed by atoms with Crippen LogP contribution in [0, 0.1) is 5.92 Å². The molecule has 130 valence electrons. The zero-order valence-corrected chi connectivity index (χ0v) is 14.7. The zero-order chi connectivity index (χ0) is 17.0. The first kappa shape index (κ1) is 15.2. The smallest absolute Gasteiger partial charge is 0.415 e. The van der Waals surface area contributed by atoms with Gasteiger partial charge in [-0.1, -0.05) is 0 Å². The topological polar surface area (TPSA) is 71.7 Å². The van der Waals surface area contributed by atoms with Gasteiger partial charge in [-0.05, 0) is 50.2 Å². The lowest BCUT2D eigenvalue weighted by molar-refractivity contribution is -0.0881. The van der Waals surface area contributed by atoms with Crippen molar-refractivity contribution in [1.82, 2.24) is 9.88 Å². The highest BCUT2D eigenvalue weighted by atomic mass is 32.1. The highest BCUT2D eigenvalue weighted by Gasteiger charge is 2.55. The summed E-state index contributed by atoms with van der Waals surface area (Å²) in [5.74, 6) is 0.994. The minimum atomic E-state index is -0.328. The molecule has 0 saturated carbocycles. The summed E-state index contributed by atoms with van der Waals surface area (Å²) >= 11 is 1.56. The van der Waals surface area contributed by atoms with Crippen molar-refractivity contribution in [1.29, 1.82) is 0 Å². The van der Waals surface area contributed by atoms with Gasteiger partial charge in [-0.2, -0.15) is 0 Å². The van der Waals surface area contributed by atoms with E-state index in [-0.39, 0.29) is 11.7 Å². The van der Waals surface area contributed by atoms with E-state index in [0.717, 1.165) is 47.9 Å². The van der Waals surface area contributed by atoms with Gasteiger partial charge >= 0.3 is 6.09 Å². The van der Waals surface area contributed by atoms with Crippen LogP contribution in [0.4, 0.5) is 15.6 Å². The number of amides is 1. The molecule has 4 saturated heterocycles. The summed E-state index contributed by atoms with van der Waals surface area (Å²) in [4.78, 5) is 22.0. The lowest BCUT2D eigenvalue weighted by Crippen LogP contribution is -2.61. The Morgan fingerprint density at radius 3 is 2.80 bits per heavy atom. The van der Waals surface area contributed by atoms with Gasteiger partial charge in [0, 0.05) is 29.1 Å². The van der Waals surface area contributed by atoms with Crippen molar-refractivity contribution in [2.75, 3.05) is 36.8 Å². The molecule has 0 aromatic carbocycles. The van der Waals surface area contributed by atoms with Gasteiger partial charge in [0.25, 0.3) is 0 Å². The Balaban J connectivity index is 1.43. The number of anilines is 2. The summed E-state index contributed by atoms with van der Waals surface area (Å²) in [5, 5.41) is 0.913. The summed E-state index contributed by atoms with van der Waals surface area (Å²) in [6, 6.07) is 7.81. The van der Waals surface area contributed by atoms with Gasteiger partial charge in [0.05, 0.1) is 6.54 Å². The molecule has 6 nitrogen and oxygen atoms in total. The number of hydrogen-bond donors (Lipinski definition) is 1. The number of carbonyl (C=O) groups is 1. The number of piperidine rings is 3. The molecule has 4 fully saturated rings. The van der Waals surface area contributed by atoms with Crippen LogP contribution in [0.1, 0.15) is 12.8 Å². The molecule has 0 radical (unpaired) electrons. The van der Waals surface area contributed by atoms with Gasteiger partial charge in [-0.25, -0.2) is 9.78 Å². The summed E-state index contributed by atoms with van der Waals surface area (Å²) in [6.45, 7) is 3.78. The maximum absolute atomic E-state index is 12.6. The first-order valence-electron chi connectivity index (χ1n) is 8.68. The Morgan fingerprint density at radius 1 is 1.24 bits per heavy atom. The largest absolute Gasteiger partial charge is 0.439 e. The van der Waals surface area contributed by atoms with Gasteiger partial charge < -0.3 is 10.5 Å². The first-order valence-corrected chi connectivity index (χ1v) is 9.50. The van der Waals surface area contributed by atoms with Crippen molar-refractivity contribution < 1.29 is 9.53 Å². The number of pyridine rings is 1. The van der Waals surface area contributed by atoms with E-state index in [1.807, 2.05) is 24.3 Å². The molecule has 2 aromatic heterocycles. The lowest BCUT2D eigenvalue weighted by Gasteiger charge is -2.49. The van der Waals surface area contributed by atoms with E-state index in [2.05, 4.69) is 9.88 Å². The molecule has 4 aliphatic heterocycles. The molecule has 1 spiro atoms. The number of hydrogen-bond acceptors (Lipinski definition) is 6. The molecule has 2 bridgehead atoms. The Morgan fingerprint density at radius 2 is 2.08 bits per heavy atom. The number of nitrogens with zero attached hydrogens (tertiary/aromatic N) is 3. The van der Waals surface area contributed by atoms with Crippen LogP contribution >= 0.6 is 11.3 Å². The fourth-order valence-electron chi connectivity index (χ4n) is 4.42. The average molecular weight is 356 g/mol. The predicted octanol–water partition coefficient (Wildman–Crippen LogP) is 2.81. The van der Waals surface area contributed by atoms with Crippen LogP contribution in [-0.2, 0) is 4.74 Å². The number of fused-ring (bicyclic) bond motifs is 2. The van der Waals surface area contributed by atoms with Crippen LogP contribution in [0.25, 0.3) is 10.4 Å². The quantitative estimate of drug-likeness (QED) is 0.896. The second-order valence-electron chi connectivity index (χ2n) is 7.14. The molecular formula is C18H20N4O2S. The molecule has 2 aromatic rings. The van der Waals surface area contributed by atoms with E-state index in [9.17, 15) is 4.79 Å². The molecule has 1 amide bonds. The van der Waals surface area contributed by atoms with Crippen LogP contribution in [0.3, 0.4) is 0 Å². The molecule has 2 N–H and O–H groups in total. The number of ether oxygens (including phenoxy) is 1. The predicted molar refractivity (Wildman–Crippen MR) is 97.7 cm³/mol. The summed E-state index contributed by atoms with van der Waals surface area (Å²) in [6.07, 6.45) is 3.72. The molecule has 0 aliphatic carbocycles. The van der Waals surface area contributed by atoms with Gasteiger partial charge in [-0.15, -0.1) is 11.3 Å². The zero-order valence-electron chi connectivity index (χ0n) is 13.9. The van der Waals surface area contributed by atoms with Crippen molar-refractivity contribution >= 4 is 28.2 Å². The molecule has 6 rings (SSSR count). The summed E-state index contributed by atoms with van der Waals surface area (Å²) < 4.78 is 5.94. The second kappa shape index (κ2) is 5.44. The summed E-state index contributed by atoms with van der Waals surface area (Å²) in [7, 11) is 0. The van der Waals surface area contributed by atoms with E-state index >= 15 is 0 Å². The first-order chi connectivity index (χ1) is 12.1. The van der Waals surface area contributed by atoms with E-state index in [4.69, 9.17) is 10.5 Å². The molecule has 25 heavy (non-hydrogen) atoms. The highest BCUT2D eigenvalue weighted by Crippen LogP contribution is 2.45. The third-order valence-corrected chi connectivity index (χ3v) is 6.86. The van der Waals surface area contributed by atoms with Crippen molar-refractivity contribution in [3.8, 4) is 10.4 Å². The third kappa shape index (κ3) is 2.33. The SMILES string of the molecule is Nc1ncccc1-c1ccc(N2C[C@]3(CN4CCC3CC4)OC2=O)s1. The Kier molecular flexibility index (Phi) is 3.30. The van der Waals surface area contributed by atoms with Crippen LogP contribution in [-0.4, -0.2) is 47.8 Å². The summed E-state index contributed by atoms with van der Waals surface area (Å²) in [5.41, 5.74) is 6.56. The monoisotopic (exact) mass is 356 g/mol. The fraction of sp³-hybridized carbons (Fsp3) is 0.444. The van der Waals surface area contributed by atoms with Crippen LogP contribution in [0.5, 0.6) is 0 Å². The average Bonchev–Trinajstić information content (AvgIpc) is 3.21. The molecule has 0 unspecified atom stereocenters. The third-order valence-electron chi connectivity index (χ3n) is 5.72. The van der Waals surface area contributed by atoms with E-state index in [1.54, 1.807) is 22.4 Å². The minimum Gasteiger partial charge on any atom is -0.439 e. The van der Waals surface area contributed by atoms with Crippen molar-refractivity contribution in [3.63, 3.8) is 0 Å². The number of aromatic nitrogens is 1. The second-order valence-corrected chi connectivity index (χ2v) is 8.21. The molecule has 6 heterocycles. The molecule has 1 atom stereocenters. The molecular weight excluding hydrogens is 336 g/mol. The normalized spacial score (nSPS) is 30.9. The lowest BCUT2D eigenvalue weighted by atomic mass is 9.75. The van der Waals surface area contributed by atoms with Crippen LogP contribution in [0.2, 0.25) is 0 Å². The standard InChI is InChI=1S/C18H20N4O2S/c19-16-13(2-1-7-20-16)14-3-4-15(25-14)22-11-18(24-17(22)23)10-21-8-5-12(18)6-9-21/h1-4,7,12H,5-6,8-11H2,(H2,19,20)/t18-/m0/s1.